The molecule has 1 fully saturated rings. The van der Waals surface area contributed by atoms with E-state index in [1.807, 2.05) is 53.3 Å². The quantitative estimate of drug-likeness (QED) is 0.208. The van der Waals surface area contributed by atoms with Gasteiger partial charge in [0.2, 0.25) is 0 Å². The molecule has 2 unspecified atom stereocenters. The highest BCUT2D eigenvalue weighted by molar-refractivity contribution is 7.07. The number of urea groups is 1. The summed E-state index contributed by atoms with van der Waals surface area (Å²) in [4.78, 5) is 22.3. The molecule has 1 saturated carbocycles. The van der Waals surface area contributed by atoms with Crippen LogP contribution in [0.5, 0.6) is 5.75 Å². The fraction of sp³-hybridized carbons (Fsp3) is 0.250. The molecule has 5 aromatic rings. The van der Waals surface area contributed by atoms with Crippen molar-refractivity contribution in [1.29, 1.82) is 0 Å². The first-order valence-corrected chi connectivity index (χ1v) is 14.9. The Balaban J connectivity index is 1.10. The van der Waals surface area contributed by atoms with E-state index >= 15 is 0 Å². The van der Waals surface area contributed by atoms with Gasteiger partial charge in [-0.05, 0) is 60.7 Å². The number of alkyl halides is 3. The molecule has 1 N–H and O–H groups in total. The second kappa shape index (κ2) is 11.8. The van der Waals surface area contributed by atoms with Crippen LogP contribution in [0, 0.1) is 6.92 Å². The predicted octanol–water partition coefficient (Wildman–Crippen LogP) is 7.28. The Morgan fingerprint density at radius 1 is 1.07 bits per heavy atom. The lowest BCUT2D eigenvalue weighted by Crippen LogP contribution is -2.27. The average molecular weight is 619 g/mol. The third-order valence-electron chi connectivity index (χ3n) is 7.40. The molecule has 2 aromatic heterocycles. The smallest absolute Gasteiger partial charge is 0.406 e. The molecule has 0 aliphatic heterocycles. The van der Waals surface area contributed by atoms with Crippen LogP contribution in [-0.4, -0.2) is 37.8 Å². The van der Waals surface area contributed by atoms with Gasteiger partial charge in [-0.3, -0.25) is 4.57 Å². The van der Waals surface area contributed by atoms with E-state index in [9.17, 15) is 18.0 Å². The molecular weight excluding hydrogens is 589 g/mol. The van der Waals surface area contributed by atoms with Gasteiger partial charge < -0.3 is 10.1 Å². The van der Waals surface area contributed by atoms with Crippen LogP contribution in [0.4, 0.5) is 18.0 Å². The lowest BCUT2D eigenvalue weighted by Gasteiger charge is -2.14. The van der Waals surface area contributed by atoms with Crippen LogP contribution in [0.25, 0.3) is 22.8 Å². The van der Waals surface area contributed by atoms with Crippen molar-refractivity contribution >= 4 is 17.4 Å². The van der Waals surface area contributed by atoms with Crippen molar-refractivity contribution in [3.8, 4) is 28.5 Å². The van der Waals surface area contributed by atoms with Crippen molar-refractivity contribution in [2.75, 3.05) is 0 Å². The van der Waals surface area contributed by atoms with E-state index in [0.717, 1.165) is 28.9 Å². The van der Waals surface area contributed by atoms with Gasteiger partial charge in [0.15, 0.2) is 10.6 Å². The molecule has 3 aromatic carbocycles. The molecule has 6 rings (SSSR count). The number of hydrogen-bond acceptors (Lipinski definition) is 5. The van der Waals surface area contributed by atoms with Crippen molar-refractivity contribution in [2.45, 2.75) is 51.4 Å². The number of amides is 2. The number of benzene rings is 3. The van der Waals surface area contributed by atoms with Crippen molar-refractivity contribution in [3.63, 3.8) is 0 Å². The zero-order valence-electron chi connectivity index (χ0n) is 24.1. The normalized spacial score (nSPS) is 16.8. The van der Waals surface area contributed by atoms with Crippen LogP contribution >= 0.6 is 11.3 Å². The summed E-state index contributed by atoms with van der Waals surface area (Å²) in [6.45, 7) is 6.31. The first kappa shape index (κ1) is 29.4. The van der Waals surface area contributed by atoms with Crippen LogP contribution in [0.1, 0.15) is 48.9 Å². The number of para-hydroxylation sites is 1. The van der Waals surface area contributed by atoms with Gasteiger partial charge in [-0.1, -0.05) is 56.3 Å². The van der Waals surface area contributed by atoms with Crippen LogP contribution in [-0.2, 0) is 0 Å². The van der Waals surface area contributed by atoms with Crippen LogP contribution < -0.4 is 14.9 Å². The van der Waals surface area contributed by atoms with Crippen LogP contribution in [0.15, 0.2) is 89.5 Å². The molecule has 0 spiro atoms. The maximum Gasteiger partial charge on any atom is 0.573 e. The van der Waals surface area contributed by atoms with Crippen LogP contribution in [0.3, 0.4) is 0 Å². The standard InChI is InChI=1S/C32H29F3N6O2S/c1-19(2)25-6-4-5-7-28(25)41-20(3)17-44-31(41)38-30(42)37-27-16-26(27)21-8-10-22(11-9-21)29-36-18-40(39-29)23-12-14-24(15-13-23)43-32(33,34)35/h4-15,17-19,26-27H,16H2,1-3H3,(H,37,42). The van der Waals surface area contributed by atoms with Gasteiger partial charge in [0.05, 0.1) is 11.4 Å². The highest BCUT2D eigenvalue weighted by atomic mass is 32.1. The Labute approximate surface area is 255 Å². The molecule has 226 valence electrons. The SMILES string of the molecule is Cc1csc(=NC(=O)NC2CC2c2ccc(-c3ncn(-c4ccc(OC(F)(F)F)cc4)n3)cc2)n1-c1ccccc1C(C)C. The topological polar surface area (TPSA) is 86.3 Å². The Hall–Kier alpha value is -4.71. The summed E-state index contributed by atoms with van der Waals surface area (Å²) in [7, 11) is 0. The van der Waals surface area contributed by atoms with E-state index in [0.29, 0.717) is 22.2 Å². The van der Waals surface area contributed by atoms with E-state index in [-0.39, 0.29) is 23.7 Å². The number of nitrogens with zero attached hydrogens (tertiary/aromatic N) is 5. The summed E-state index contributed by atoms with van der Waals surface area (Å²) >= 11 is 1.44. The molecule has 1 aliphatic carbocycles. The molecule has 0 bridgehead atoms. The third-order valence-corrected chi connectivity index (χ3v) is 8.34. The zero-order chi connectivity index (χ0) is 31.0. The summed E-state index contributed by atoms with van der Waals surface area (Å²) in [6.07, 6.45) is -2.43. The second-order valence-corrected chi connectivity index (χ2v) is 11.7. The lowest BCUT2D eigenvalue weighted by atomic mass is 10.0. The first-order valence-electron chi connectivity index (χ1n) is 14.1. The fourth-order valence-corrected chi connectivity index (χ4v) is 6.01. The summed E-state index contributed by atoms with van der Waals surface area (Å²) in [5.41, 5.74) is 5.67. The molecule has 1 aliphatic rings. The minimum atomic E-state index is -4.75. The molecular formula is C32H29F3N6O2S. The van der Waals surface area contributed by atoms with E-state index in [1.54, 1.807) is 0 Å². The maximum absolute atomic E-state index is 12.9. The average Bonchev–Trinajstić information content (AvgIpc) is 3.39. The molecule has 8 nitrogen and oxygen atoms in total. The van der Waals surface area contributed by atoms with Gasteiger partial charge in [0.1, 0.15) is 12.1 Å². The fourth-order valence-electron chi connectivity index (χ4n) is 5.14. The van der Waals surface area contributed by atoms with E-state index in [4.69, 9.17) is 0 Å². The number of aryl methyl sites for hydroxylation is 1. The minimum absolute atomic E-state index is 0.00353. The number of rotatable bonds is 7. The first-order chi connectivity index (χ1) is 21.1. The number of aromatic nitrogens is 4. The number of halogens is 3. The Bertz CT molecular complexity index is 1860. The van der Waals surface area contributed by atoms with Gasteiger partial charge in [0, 0.05) is 28.6 Å². The number of thiazole rings is 1. The van der Waals surface area contributed by atoms with Crippen molar-refractivity contribution in [1.82, 2.24) is 24.6 Å². The number of nitrogens with one attached hydrogen (secondary N) is 1. The Kier molecular flexibility index (Phi) is 7.85. The highest BCUT2D eigenvalue weighted by Gasteiger charge is 2.39. The van der Waals surface area contributed by atoms with Gasteiger partial charge in [0.25, 0.3) is 0 Å². The minimum Gasteiger partial charge on any atom is -0.406 e. The van der Waals surface area contributed by atoms with Gasteiger partial charge in [-0.2, -0.15) is 4.99 Å². The van der Waals surface area contributed by atoms with Crippen molar-refractivity contribution < 1.29 is 22.7 Å². The molecule has 44 heavy (non-hydrogen) atoms. The summed E-state index contributed by atoms with van der Waals surface area (Å²) in [5.74, 6) is 0.681. The Morgan fingerprint density at radius 2 is 1.80 bits per heavy atom. The summed E-state index contributed by atoms with van der Waals surface area (Å²) < 4.78 is 44.7. The molecule has 2 atom stereocenters. The van der Waals surface area contributed by atoms with Gasteiger partial charge >= 0.3 is 12.4 Å². The Morgan fingerprint density at radius 3 is 2.50 bits per heavy atom. The molecule has 2 amide bonds. The van der Waals surface area contributed by atoms with Crippen molar-refractivity contribution in [2.24, 2.45) is 4.99 Å². The zero-order valence-corrected chi connectivity index (χ0v) is 24.9. The van der Waals surface area contributed by atoms with Gasteiger partial charge in [-0.25, -0.2) is 14.5 Å². The largest absolute Gasteiger partial charge is 0.573 e. The highest BCUT2D eigenvalue weighted by Crippen LogP contribution is 2.41. The molecule has 0 saturated heterocycles. The predicted molar refractivity (Wildman–Crippen MR) is 161 cm³/mol. The van der Waals surface area contributed by atoms with Gasteiger partial charge in [-0.15, -0.1) is 29.6 Å². The summed E-state index contributed by atoms with van der Waals surface area (Å²) in [6, 6.07) is 21.0. The second-order valence-electron chi connectivity index (χ2n) is 10.9. The van der Waals surface area contributed by atoms with E-state index < -0.39 is 6.36 Å². The molecule has 12 heteroatoms. The van der Waals surface area contributed by atoms with E-state index in [1.165, 1.54) is 52.2 Å². The molecule has 2 heterocycles. The number of carbonyl (C=O) groups is 1. The lowest BCUT2D eigenvalue weighted by molar-refractivity contribution is -0.274. The number of hydrogen-bond donors (Lipinski definition) is 1. The monoisotopic (exact) mass is 618 g/mol. The summed E-state index contributed by atoms with van der Waals surface area (Å²) in [5, 5.41) is 9.51. The number of carbonyl (C=O) groups excluding carboxylic acids is 1. The number of ether oxygens (including phenoxy) is 1. The van der Waals surface area contributed by atoms with Crippen LogP contribution in [0.2, 0.25) is 0 Å². The van der Waals surface area contributed by atoms with E-state index in [2.05, 4.69) is 51.1 Å². The maximum atomic E-state index is 12.9. The van der Waals surface area contributed by atoms with Crippen molar-refractivity contribution in [3.05, 3.63) is 106 Å². The molecule has 0 radical (unpaired) electrons. The third kappa shape index (κ3) is 6.45.